The monoisotopic (exact) mass is 572 g/mol. The van der Waals surface area contributed by atoms with Crippen molar-refractivity contribution in [3.05, 3.63) is 54.7 Å². The summed E-state index contributed by atoms with van der Waals surface area (Å²) in [7, 11) is 1.50. The third-order valence-corrected chi connectivity index (χ3v) is 6.84. The first-order chi connectivity index (χ1) is 14.0. The molecular weight excluding hydrogens is 556 g/mol. The lowest BCUT2D eigenvalue weighted by atomic mass is 10.1. The van der Waals surface area contributed by atoms with Crippen LogP contribution in [0.4, 0.5) is 5.69 Å². The van der Waals surface area contributed by atoms with Crippen molar-refractivity contribution in [3.63, 3.8) is 0 Å². The Bertz CT molecular complexity index is 1160. The second-order valence-corrected chi connectivity index (χ2v) is 10.7. The molecule has 0 unspecified atom stereocenters. The van der Waals surface area contributed by atoms with Gasteiger partial charge in [0, 0.05) is 15.4 Å². The zero-order chi connectivity index (χ0) is 22.2. The summed E-state index contributed by atoms with van der Waals surface area (Å²) in [5.74, 6) is -0.160. The van der Waals surface area contributed by atoms with Crippen molar-refractivity contribution in [2.75, 3.05) is 12.4 Å². The van der Waals surface area contributed by atoms with Crippen molar-refractivity contribution < 1.29 is 14.3 Å². The van der Waals surface area contributed by atoms with E-state index >= 15 is 0 Å². The highest BCUT2D eigenvalue weighted by molar-refractivity contribution is 9.11. The minimum absolute atomic E-state index is 0.247. The lowest BCUT2D eigenvalue weighted by Gasteiger charge is -2.19. The Labute approximate surface area is 200 Å². The lowest BCUT2D eigenvalue weighted by molar-refractivity contribution is 0.0923. The maximum absolute atomic E-state index is 13.0. The number of methoxy groups -OCH3 is 1. The second kappa shape index (κ2) is 8.86. The van der Waals surface area contributed by atoms with Crippen molar-refractivity contribution in [3.8, 4) is 5.75 Å². The Morgan fingerprint density at radius 1 is 1.13 bits per heavy atom. The molecule has 0 saturated heterocycles. The van der Waals surface area contributed by atoms with Crippen LogP contribution in [0.15, 0.2) is 39.3 Å². The average molecular weight is 575 g/mol. The molecule has 3 rings (SSSR count). The molecule has 0 aliphatic carbocycles. The van der Waals surface area contributed by atoms with E-state index in [2.05, 4.69) is 42.5 Å². The van der Waals surface area contributed by atoms with Crippen LogP contribution in [-0.2, 0) is 0 Å². The standard InChI is InChI=1S/C21H19Br2ClN2O3S/c1-21(2,3)26-20(28)18-15(24)11-6-5-7-14(17(11)30-18)25-19(27)12-8-10(22)9-13(23)16(12)29-4/h5-9H,1-4H3,(H,25,27)(H,26,28). The molecule has 0 aliphatic heterocycles. The number of carbonyl (C=O) groups excluding carboxylic acids is 2. The zero-order valence-corrected chi connectivity index (χ0v) is 21.4. The van der Waals surface area contributed by atoms with E-state index in [9.17, 15) is 9.59 Å². The van der Waals surface area contributed by atoms with Gasteiger partial charge in [-0.3, -0.25) is 9.59 Å². The molecule has 9 heteroatoms. The van der Waals surface area contributed by atoms with E-state index in [1.165, 1.54) is 18.4 Å². The van der Waals surface area contributed by atoms with Crippen LogP contribution < -0.4 is 15.4 Å². The van der Waals surface area contributed by atoms with E-state index in [-0.39, 0.29) is 11.8 Å². The van der Waals surface area contributed by atoms with Crippen LogP contribution in [0.5, 0.6) is 5.75 Å². The molecule has 5 nitrogen and oxygen atoms in total. The van der Waals surface area contributed by atoms with Gasteiger partial charge in [0.2, 0.25) is 0 Å². The Morgan fingerprint density at radius 2 is 1.83 bits per heavy atom. The molecule has 0 atom stereocenters. The first-order valence-electron chi connectivity index (χ1n) is 8.89. The predicted octanol–water partition coefficient (Wildman–Crippen LogP) is 6.87. The number of benzene rings is 2. The largest absolute Gasteiger partial charge is 0.495 e. The molecule has 3 aromatic rings. The highest BCUT2D eigenvalue weighted by atomic mass is 79.9. The van der Waals surface area contributed by atoms with Crippen LogP contribution in [0.2, 0.25) is 5.02 Å². The molecule has 1 aromatic heterocycles. The smallest absolute Gasteiger partial charge is 0.263 e. The number of anilines is 1. The number of ether oxygens (including phenoxy) is 1. The minimum atomic E-state index is -0.391. The van der Waals surface area contributed by atoms with Gasteiger partial charge in [0.25, 0.3) is 11.8 Å². The van der Waals surface area contributed by atoms with Gasteiger partial charge >= 0.3 is 0 Å². The molecule has 2 aromatic carbocycles. The van der Waals surface area contributed by atoms with Gasteiger partial charge in [-0.05, 0) is 54.9 Å². The van der Waals surface area contributed by atoms with Gasteiger partial charge in [0.15, 0.2) is 0 Å². The normalized spacial score (nSPS) is 11.4. The van der Waals surface area contributed by atoms with Gasteiger partial charge in [0.05, 0.1) is 32.6 Å². The maximum atomic E-state index is 13.0. The number of amides is 2. The maximum Gasteiger partial charge on any atom is 0.263 e. The van der Waals surface area contributed by atoms with E-state index in [1.54, 1.807) is 24.3 Å². The summed E-state index contributed by atoms with van der Waals surface area (Å²) >= 11 is 14.6. The summed E-state index contributed by atoms with van der Waals surface area (Å²) in [6, 6.07) is 8.88. The molecule has 0 fully saturated rings. The Balaban J connectivity index is 2.01. The van der Waals surface area contributed by atoms with Gasteiger partial charge in [-0.25, -0.2) is 0 Å². The first kappa shape index (κ1) is 23.1. The Hall–Kier alpha value is -1.61. The summed E-state index contributed by atoms with van der Waals surface area (Å²) in [5, 5.41) is 6.92. The van der Waals surface area contributed by atoms with Crippen LogP contribution in [-0.4, -0.2) is 24.5 Å². The van der Waals surface area contributed by atoms with Gasteiger partial charge in [0.1, 0.15) is 10.6 Å². The Morgan fingerprint density at radius 3 is 2.47 bits per heavy atom. The van der Waals surface area contributed by atoms with Crippen LogP contribution >= 0.6 is 54.8 Å². The molecule has 0 radical (unpaired) electrons. The van der Waals surface area contributed by atoms with Crippen LogP contribution in [0.1, 0.15) is 40.8 Å². The van der Waals surface area contributed by atoms with Crippen molar-refractivity contribution in [1.29, 1.82) is 0 Å². The number of rotatable bonds is 4. The fraction of sp³-hybridized carbons (Fsp3) is 0.238. The van der Waals surface area contributed by atoms with Gasteiger partial charge in [-0.15, -0.1) is 11.3 Å². The van der Waals surface area contributed by atoms with E-state index in [4.69, 9.17) is 16.3 Å². The molecule has 2 amide bonds. The molecule has 0 spiro atoms. The number of fused-ring (bicyclic) bond motifs is 1. The highest BCUT2D eigenvalue weighted by Crippen LogP contribution is 2.40. The lowest BCUT2D eigenvalue weighted by Crippen LogP contribution is -2.40. The number of halogens is 3. The number of hydrogen-bond donors (Lipinski definition) is 2. The van der Waals surface area contributed by atoms with Crippen LogP contribution in [0.25, 0.3) is 10.1 Å². The second-order valence-electron chi connectivity index (χ2n) is 7.55. The summed E-state index contributed by atoms with van der Waals surface area (Å²) in [5.41, 5.74) is 0.541. The number of carbonyl (C=O) groups is 2. The third kappa shape index (κ3) is 4.82. The molecule has 0 aliphatic rings. The molecular formula is C21H19Br2ClN2O3S. The quantitative estimate of drug-likeness (QED) is 0.357. The Kier molecular flexibility index (Phi) is 6.81. The van der Waals surface area contributed by atoms with Crippen LogP contribution in [0, 0.1) is 0 Å². The van der Waals surface area contributed by atoms with Gasteiger partial charge in [-0.1, -0.05) is 39.7 Å². The van der Waals surface area contributed by atoms with Crippen molar-refractivity contribution in [2.45, 2.75) is 26.3 Å². The van der Waals surface area contributed by atoms with Gasteiger partial charge in [-0.2, -0.15) is 0 Å². The van der Waals surface area contributed by atoms with Crippen molar-refractivity contribution in [2.24, 2.45) is 0 Å². The molecule has 0 bridgehead atoms. The highest BCUT2D eigenvalue weighted by Gasteiger charge is 2.23. The molecule has 2 N–H and O–H groups in total. The van der Waals surface area contributed by atoms with E-state index < -0.39 is 5.54 Å². The fourth-order valence-electron chi connectivity index (χ4n) is 2.86. The van der Waals surface area contributed by atoms with E-state index in [1.807, 2.05) is 26.8 Å². The summed E-state index contributed by atoms with van der Waals surface area (Å²) in [4.78, 5) is 26.1. The predicted molar refractivity (Wildman–Crippen MR) is 130 cm³/mol. The van der Waals surface area contributed by atoms with Gasteiger partial charge < -0.3 is 15.4 Å². The zero-order valence-electron chi connectivity index (χ0n) is 16.7. The molecule has 30 heavy (non-hydrogen) atoms. The summed E-state index contributed by atoms with van der Waals surface area (Å²) in [6.45, 7) is 5.71. The topological polar surface area (TPSA) is 67.4 Å². The first-order valence-corrected chi connectivity index (χ1v) is 11.7. The SMILES string of the molecule is COc1c(Br)cc(Br)cc1C(=O)Nc1cccc2c(Cl)c(C(=O)NC(C)(C)C)sc12. The van der Waals surface area contributed by atoms with E-state index in [0.717, 1.165) is 9.17 Å². The number of hydrogen-bond acceptors (Lipinski definition) is 4. The van der Waals surface area contributed by atoms with Crippen LogP contribution in [0.3, 0.4) is 0 Å². The molecule has 0 saturated carbocycles. The fourth-order valence-corrected chi connectivity index (χ4v) is 5.72. The number of nitrogens with one attached hydrogen (secondary N) is 2. The third-order valence-electron chi connectivity index (χ3n) is 4.06. The van der Waals surface area contributed by atoms with E-state index in [0.29, 0.717) is 36.8 Å². The number of thiophene rings is 1. The average Bonchev–Trinajstić information content (AvgIpc) is 2.98. The molecule has 1 heterocycles. The van der Waals surface area contributed by atoms with Crippen molar-refractivity contribution >= 4 is 82.4 Å². The minimum Gasteiger partial charge on any atom is -0.495 e. The van der Waals surface area contributed by atoms with Crippen molar-refractivity contribution in [1.82, 2.24) is 5.32 Å². The summed E-state index contributed by atoms with van der Waals surface area (Å²) in [6.07, 6.45) is 0. The summed E-state index contributed by atoms with van der Waals surface area (Å²) < 4.78 is 7.49. The molecule has 158 valence electrons.